The molecule has 0 amide bonds. The third-order valence-corrected chi connectivity index (χ3v) is 4.16. The second kappa shape index (κ2) is 7.95. The number of nitrogens with one attached hydrogen (secondary N) is 1. The van der Waals surface area contributed by atoms with Crippen molar-refractivity contribution in [2.24, 2.45) is 0 Å². The van der Waals surface area contributed by atoms with Gasteiger partial charge in [0, 0.05) is 28.6 Å². The topological polar surface area (TPSA) is 15.3 Å². The first-order valence-electron chi connectivity index (χ1n) is 6.93. The first kappa shape index (κ1) is 16.5. The van der Waals surface area contributed by atoms with Crippen molar-refractivity contribution in [3.8, 4) is 0 Å². The van der Waals surface area contributed by atoms with Gasteiger partial charge in [-0.1, -0.05) is 57.9 Å². The molecule has 112 valence electrons. The van der Waals surface area contributed by atoms with Crippen molar-refractivity contribution in [1.29, 1.82) is 0 Å². The van der Waals surface area contributed by atoms with Crippen molar-refractivity contribution in [3.63, 3.8) is 0 Å². The fourth-order valence-corrected chi connectivity index (χ4v) is 2.84. The van der Waals surface area contributed by atoms with Crippen LogP contribution < -0.4 is 5.32 Å². The Hall–Kier alpha value is -0.870. The van der Waals surface area contributed by atoms with E-state index in [1.807, 2.05) is 18.2 Å². The van der Waals surface area contributed by atoms with Gasteiger partial charge in [0.05, 0.1) is 0 Å². The number of rotatable bonds is 6. The van der Waals surface area contributed by atoms with Crippen LogP contribution in [0, 0.1) is 0 Å². The molecule has 1 N–H and O–H groups in total. The molecule has 1 atom stereocenters. The Labute approximate surface area is 140 Å². The van der Waals surface area contributed by atoms with E-state index in [1.54, 1.807) is 0 Å². The second-order valence-electron chi connectivity index (χ2n) is 5.34. The Morgan fingerprint density at radius 1 is 1.14 bits per heavy atom. The maximum absolute atomic E-state index is 6.26. The van der Waals surface area contributed by atoms with E-state index < -0.39 is 0 Å². The molecule has 1 unspecified atom stereocenters. The van der Waals surface area contributed by atoms with Gasteiger partial charge >= 0.3 is 0 Å². The number of halogens is 2. The summed E-state index contributed by atoms with van der Waals surface area (Å²) in [7, 11) is 4.17. The highest BCUT2D eigenvalue weighted by molar-refractivity contribution is 9.10. The summed E-state index contributed by atoms with van der Waals surface area (Å²) in [6.07, 6.45) is 0. The highest BCUT2D eigenvalue weighted by atomic mass is 79.9. The van der Waals surface area contributed by atoms with Crippen LogP contribution in [0.15, 0.2) is 53.0 Å². The van der Waals surface area contributed by atoms with Gasteiger partial charge in [0.1, 0.15) is 0 Å². The van der Waals surface area contributed by atoms with E-state index in [2.05, 4.69) is 70.6 Å². The molecule has 0 aliphatic rings. The minimum atomic E-state index is 0.274. The highest BCUT2D eigenvalue weighted by Gasteiger charge is 2.12. The summed E-state index contributed by atoms with van der Waals surface area (Å²) >= 11 is 9.75. The molecule has 4 heteroatoms. The molecular formula is C17H20BrClN2. The van der Waals surface area contributed by atoms with E-state index in [9.17, 15) is 0 Å². The fourth-order valence-electron chi connectivity index (χ4n) is 2.25. The van der Waals surface area contributed by atoms with Crippen LogP contribution in [0.1, 0.15) is 17.2 Å². The average molecular weight is 368 g/mol. The monoisotopic (exact) mass is 366 g/mol. The van der Waals surface area contributed by atoms with E-state index in [-0.39, 0.29) is 6.04 Å². The van der Waals surface area contributed by atoms with Gasteiger partial charge in [-0.05, 0) is 43.4 Å². The Balaban J connectivity index is 2.10. The maximum atomic E-state index is 6.26. The molecule has 0 radical (unpaired) electrons. The lowest BCUT2D eigenvalue weighted by molar-refractivity contribution is 0.340. The first-order chi connectivity index (χ1) is 10.1. The number of benzene rings is 2. The summed E-state index contributed by atoms with van der Waals surface area (Å²) in [6.45, 7) is 1.68. The largest absolute Gasteiger partial charge is 0.308 e. The predicted octanol–water partition coefficient (Wildman–Crippen LogP) is 4.50. The van der Waals surface area contributed by atoms with Gasteiger partial charge in [-0.15, -0.1) is 0 Å². The van der Waals surface area contributed by atoms with Gasteiger partial charge in [0.2, 0.25) is 0 Å². The summed E-state index contributed by atoms with van der Waals surface area (Å²) in [6, 6.07) is 16.7. The molecule has 2 nitrogen and oxygen atoms in total. The van der Waals surface area contributed by atoms with E-state index in [4.69, 9.17) is 11.6 Å². The number of hydrogen-bond acceptors (Lipinski definition) is 2. The van der Waals surface area contributed by atoms with E-state index in [0.29, 0.717) is 0 Å². The van der Waals surface area contributed by atoms with Crippen LogP contribution in [0.2, 0.25) is 5.02 Å². The van der Waals surface area contributed by atoms with E-state index in [1.165, 1.54) is 5.56 Å². The SMILES string of the molecule is CN(C)CC(NCc1cc(Br)ccc1Cl)c1ccccc1. The smallest absolute Gasteiger partial charge is 0.0451 e. The Bertz CT molecular complexity index is 572. The molecule has 2 aromatic carbocycles. The Morgan fingerprint density at radius 2 is 1.86 bits per heavy atom. The van der Waals surface area contributed by atoms with Crippen molar-refractivity contribution in [2.45, 2.75) is 12.6 Å². The fraction of sp³-hybridized carbons (Fsp3) is 0.294. The van der Waals surface area contributed by atoms with Crippen LogP contribution in [0.3, 0.4) is 0 Å². The molecule has 2 aromatic rings. The van der Waals surface area contributed by atoms with Crippen LogP contribution >= 0.6 is 27.5 Å². The number of nitrogens with zero attached hydrogens (tertiary/aromatic N) is 1. The maximum Gasteiger partial charge on any atom is 0.0451 e. The second-order valence-corrected chi connectivity index (χ2v) is 6.67. The summed E-state index contributed by atoms with van der Waals surface area (Å²) in [5, 5.41) is 4.40. The van der Waals surface area contributed by atoms with Crippen LogP contribution in [0.5, 0.6) is 0 Å². The lowest BCUT2D eigenvalue weighted by Crippen LogP contribution is -2.31. The van der Waals surface area contributed by atoms with Gasteiger partial charge in [0.15, 0.2) is 0 Å². The van der Waals surface area contributed by atoms with Crippen molar-refractivity contribution < 1.29 is 0 Å². The lowest BCUT2D eigenvalue weighted by atomic mass is 10.1. The van der Waals surface area contributed by atoms with Gasteiger partial charge in [-0.3, -0.25) is 0 Å². The van der Waals surface area contributed by atoms with Crippen molar-refractivity contribution in [3.05, 3.63) is 69.2 Å². The summed E-state index contributed by atoms with van der Waals surface area (Å²) < 4.78 is 1.05. The zero-order valence-electron chi connectivity index (χ0n) is 12.3. The molecule has 0 spiro atoms. The van der Waals surface area contributed by atoms with Gasteiger partial charge in [-0.2, -0.15) is 0 Å². The molecule has 21 heavy (non-hydrogen) atoms. The minimum absolute atomic E-state index is 0.274. The predicted molar refractivity (Wildman–Crippen MR) is 93.7 cm³/mol. The molecule has 0 aliphatic heterocycles. The Morgan fingerprint density at radius 3 is 2.52 bits per heavy atom. The quantitative estimate of drug-likeness (QED) is 0.809. The summed E-state index contributed by atoms with van der Waals surface area (Å²) in [5.41, 5.74) is 2.39. The molecule has 0 aliphatic carbocycles. The third kappa shape index (κ3) is 5.11. The van der Waals surface area contributed by atoms with Crippen molar-refractivity contribution in [2.75, 3.05) is 20.6 Å². The molecule has 0 aromatic heterocycles. The lowest BCUT2D eigenvalue weighted by Gasteiger charge is -2.23. The van der Waals surface area contributed by atoms with E-state index >= 15 is 0 Å². The molecule has 0 heterocycles. The zero-order chi connectivity index (χ0) is 15.2. The van der Waals surface area contributed by atoms with Crippen LogP contribution in [0.4, 0.5) is 0 Å². The summed E-state index contributed by atoms with van der Waals surface area (Å²) in [4.78, 5) is 2.19. The van der Waals surface area contributed by atoms with Gasteiger partial charge < -0.3 is 10.2 Å². The number of likely N-dealkylation sites (N-methyl/N-ethyl adjacent to an activating group) is 1. The minimum Gasteiger partial charge on any atom is -0.308 e. The average Bonchev–Trinajstić information content (AvgIpc) is 2.47. The zero-order valence-corrected chi connectivity index (χ0v) is 14.7. The highest BCUT2D eigenvalue weighted by Crippen LogP contribution is 2.22. The molecular weight excluding hydrogens is 348 g/mol. The van der Waals surface area contributed by atoms with Crippen LogP contribution in [-0.2, 0) is 6.54 Å². The molecule has 0 saturated carbocycles. The Kier molecular flexibility index (Phi) is 6.24. The van der Waals surface area contributed by atoms with E-state index in [0.717, 1.165) is 28.1 Å². The van der Waals surface area contributed by atoms with Gasteiger partial charge in [-0.25, -0.2) is 0 Å². The molecule has 2 rings (SSSR count). The van der Waals surface area contributed by atoms with Crippen molar-refractivity contribution >= 4 is 27.5 Å². The molecule has 0 saturated heterocycles. The van der Waals surface area contributed by atoms with Crippen molar-refractivity contribution in [1.82, 2.24) is 10.2 Å². The van der Waals surface area contributed by atoms with Crippen LogP contribution in [-0.4, -0.2) is 25.5 Å². The number of hydrogen-bond donors (Lipinski definition) is 1. The normalized spacial score (nSPS) is 12.6. The summed E-state index contributed by atoms with van der Waals surface area (Å²) in [5.74, 6) is 0. The third-order valence-electron chi connectivity index (χ3n) is 3.30. The molecule has 0 fully saturated rings. The van der Waals surface area contributed by atoms with Crippen LogP contribution in [0.25, 0.3) is 0 Å². The van der Waals surface area contributed by atoms with Gasteiger partial charge in [0.25, 0.3) is 0 Å². The first-order valence-corrected chi connectivity index (χ1v) is 8.10. The standard InChI is InChI=1S/C17H20BrClN2/c1-21(2)12-17(13-6-4-3-5-7-13)20-11-14-10-15(18)8-9-16(14)19/h3-10,17,20H,11-12H2,1-2H3. The molecule has 0 bridgehead atoms.